The molecule has 0 amide bonds. The van der Waals surface area contributed by atoms with Gasteiger partial charge in [0, 0.05) is 0 Å². The van der Waals surface area contributed by atoms with E-state index in [0.717, 1.165) is 37.3 Å². The summed E-state index contributed by atoms with van der Waals surface area (Å²) in [7, 11) is 0. The van der Waals surface area contributed by atoms with Crippen molar-refractivity contribution >= 4 is 0 Å². The van der Waals surface area contributed by atoms with E-state index in [1.807, 2.05) is 6.92 Å². The highest BCUT2D eigenvalue weighted by Crippen LogP contribution is 2.39. The predicted octanol–water partition coefficient (Wildman–Crippen LogP) is 3.58. The molecule has 1 saturated carbocycles. The van der Waals surface area contributed by atoms with Gasteiger partial charge in [-0.3, -0.25) is 0 Å². The third kappa shape index (κ3) is 3.26. The Morgan fingerprint density at radius 3 is 2.61 bits per heavy atom. The molecule has 2 heteroatoms. The zero-order chi connectivity index (χ0) is 12.8. The summed E-state index contributed by atoms with van der Waals surface area (Å²) in [6.45, 7) is 7.19. The van der Waals surface area contributed by atoms with E-state index in [1.165, 1.54) is 24.8 Å². The summed E-state index contributed by atoms with van der Waals surface area (Å²) >= 11 is 0. The van der Waals surface area contributed by atoms with Gasteiger partial charge in [0.05, 0.1) is 6.61 Å². The molecule has 1 fully saturated rings. The molecule has 1 aromatic carbocycles. The maximum Gasteiger partial charge on any atom is 0.119 e. The molecule has 0 saturated heterocycles. The molecule has 1 N–H and O–H groups in total. The molecule has 0 radical (unpaired) electrons. The lowest BCUT2D eigenvalue weighted by molar-refractivity contribution is 0.340. The second-order valence-electron chi connectivity index (χ2n) is 5.11. The van der Waals surface area contributed by atoms with Gasteiger partial charge in [-0.15, -0.1) is 0 Å². The number of benzene rings is 1. The van der Waals surface area contributed by atoms with Crippen molar-refractivity contribution in [3.05, 3.63) is 29.8 Å². The molecule has 2 nitrogen and oxygen atoms in total. The Labute approximate surface area is 111 Å². The number of nitrogens with one attached hydrogen (secondary N) is 1. The average molecular weight is 247 g/mol. The third-order valence-corrected chi connectivity index (χ3v) is 3.93. The van der Waals surface area contributed by atoms with Gasteiger partial charge in [0.2, 0.25) is 0 Å². The highest BCUT2D eigenvalue weighted by molar-refractivity contribution is 5.30. The molecule has 2 atom stereocenters. The molecule has 0 spiro atoms. The quantitative estimate of drug-likeness (QED) is 0.829. The Balaban J connectivity index is 2.00. The first-order valence-electron chi connectivity index (χ1n) is 7.28. The van der Waals surface area contributed by atoms with E-state index in [1.54, 1.807) is 0 Å². The molecule has 1 aliphatic rings. The van der Waals surface area contributed by atoms with E-state index in [9.17, 15) is 0 Å². The van der Waals surface area contributed by atoms with Crippen molar-refractivity contribution in [3.63, 3.8) is 0 Å². The Bertz CT molecular complexity index is 347. The average Bonchev–Trinajstić information content (AvgIpc) is 2.86. The van der Waals surface area contributed by atoms with Gasteiger partial charge in [0.15, 0.2) is 0 Å². The van der Waals surface area contributed by atoms with Gasteiger partial charge < -0.3 is 10.1 Å². The standard InChI is InChI=1S/C16H25NO/c1-3-17-12-14-6-5-7-16(14)13-8-10-15(11-9-13)18-4-2/h8-11,14,16-17H,3-7,12H2,1-2H3. The summed E-state index contributed by atoms with van der Waals surface area (Å²) in [4.78, 5) is 0. The SMILES string of the molecule is CCNCC1CCCC1c1ccc(OCC)cc1. The number of hydrogen-bond acceptors (Lipinski definition) is 2. The van der Waals surface area contributed by atoms with Crippen molar-refractivity contribution in [1.82, 2.24) is 5.32 Å². The van der Waals surface area contributed by atoms with Crippen molar-refractivity contribution in [1.29, 1.82) is 0 Å². The first kappa shape index (κ1) is 13.4. The lowest BCUT2D eigenvalue weighted by atomic mass is 9.89. The third-order valence-electron chi connectivity index (χ3n) is 3.93. The van der Waals surface area contributed by atoms with Crippen LogP contribution in [0.25, 0.3) is 0 Å². The highest BCUT2D eigenvalue weighted by atomic mass is 16.5. The summed E-state index contributed by atoms with van der Waals surface area (Å²) in [5.41, 5.74) is 1.49. The van der Waals surface area contributed by atoms with Crippen LogP contribution in [-0.4, -0.2) is 19.7 Å². The molecule has 0 heterocycles. The van der Waals surface area contributed by atoms with Crippen LogP contribution in [0.5, 0.6) is 5.75 Å². The minimum atomic E-state index is 0.736. The van der Waals surface area contributed by atoms with Crippen molar-refractivity contribution in [2.45, 2.75) is 39.0 Å². The first-order chi connectivity index (χ1) is 8.85. The van der Waals surface area contributed by atoms with Crippen LogP contribution in [0.3, 0.4) is 0 Å². The molecule has 18 heavy (non-hydrogen) atoms. The van der Waals surface area contributed by atoms with Gasteiger partial charge in [-0.2, -0.15) is 0 Å². The minimum absolute atomic E-state index is 0.736. The largest absolute Gasteiger partial charge is 0.494 e. The van der Waals surface area contributed by atoms with Gasteiger partial charge in [0.25, 0.3) is 0 Å². The van der Waals surface area contributed by atoms with Crippen LogP contribution in [0.4, 0.5) is 0 Å². The smallest absolute Gasteiger partial charge is 0.119 e. The molecule has 1 aliphatic carbocycles. The van der Waals surface area contributed by atoms with E-state index in [4.69, 9.17) is 4.74 Å². The summed E-state index contributed by atoms with van der Waals surface area (Å²) in [5.74, 6) is 2.53. The summed E-state index contributed by atoms with van der Waals surface area (Å²) in [6.07, 6.45) is 4.07. The van der Waals surface area contributed by atoms with Crippen LogP contribution in [0.2, 0.25) is 0 Å². The first-order valence-corrected chi connectivity index (χ1v) is 7.28. The fourth-order valence-corrected chi connectivity index (χ4v) is 3.03. The lowest BCUT2D eigenvalue weighted by Gasteiger charge is -2.20. The van der Waals surface area contributed by atoms with Crippen molar-refractivity contribution < 1.29 is 4.74 Å². The van der Waals surface area contributed by atoms with Crippen molar-refractivity contribution in [2.24, 2.45) is 5.92 Å². The highest BCUT2D eigenvalue weighted by Gasteiger charge is 2.27. The molecule has 0 aromatic heterocycles. The Morgan fingerprint density at radius 2 is 1.94 bits per heavy atom. The van der Waals surface area contributed by atoms with Crippen molar-refractivity contribution in [2.75, 3.05) is 19.7 Å². The van der Waals surface area contributed by atoms with E-state index < -0.39 is 0 Å². The van der Waals surface area contributed by atoms with Crippen molar-refractivity contribution in [3.8, 4) is 5.75 Å². The molecule has 100 valence electrons. The molecular weight excluding hydrogens is 222 g/mol. The van der Waals surface area contributed by atoms with Gasteiger partial charge in [-0.05, 0) is 62.4 Å². The molecule has 2 rings (SSSR count). The zero-order valence-electron chi connectivity index (χ0n) is 11.6. The van der Waals surface area contributed by atoms with Gasteiger partial charge >= 0.3 is 0 Å². The normalized spacial score (nSPS) is 23.2. The second-order valence-corrected chi connectivity index (χ2v) is 5.11. The van der Waals surface area contributed by atoms with E-state index in [-0.39, 0.29) is 0 Å². The van der Waals surface area contributed by atoms with Crippen LogP contribution in [0.1, 0.15) is 44.6 Å². The summed E-state index contributed by atoms with van der Waals surface area (Å²) < 4.78 is 5.50. The fraction of sp³-hybridized carbons (Fsp3) is 0.625. The maximum absolute atomic E-state index is 5.50. The van der Waals surface area contributed by atoms with E-state index >= 15 is 0 Å². The molecular formula is C16H25NO. The van der Waals surface area contributed by atoms with Gasteiger partial charge in [0.1, 0.15) is 5.75 Å². The zero-order valence-corrected chi connectivity index (χ0v) is 11.6. The van der Waals surface area contributed by atoms with Crippen LogP contribution in [-0.2, 0) is 0 Å². The number of ether oxygens (including phenoxy) is 1. The molecule has 0 bridgehead atoms. The van der Waals surface area contributed by atoms with Crippen LogP contribution < -0.4 is 10.1 Å². The van der Waals surface area contributed by atoms with E-state index in [2.05, 4.69) is 36.5 Å². The predicted molar refractivity (Wildman–Crippen MR) is 76.2 cm³/mol. The fourth-order valence-electron chi connectivity index (χ4n) is 3.03. The molecule has 0 aliphatic heterocycles. The second kappa shape index (κ2) is 6.79. The Hall–Kier alpha value is -1.02. The van der Waals surface area contributed by atoms with Crippen LogP contribution in [0.15, 0.2) is 24.3 Å². The topological polar surface area (TPSA) is 21.3 Å². The number of hydrogen-bond donors (Lipinski definition) is 1. The van der Waals surface area contributed by atoms with E-state index in [0.29, 0.717) is 0 Å². The van der Waals surface area contributed by atoms with Crippen LogP contribution >= 0.6 is 0 Å². The summed E-state index contributed by atoms with van der Waals surface area (Å²) in [6, 6.07) is 8.72. The minimum Gasteiger partial charge on any atom is -0.494 e. The maximum atomic E-state index is 5.50. The van der Waals surface area contributed by atoms with Gasteiger partial charge in [-0.25, -0.2) is 0 Å². The molecule has 2 unspecified atom stereocenters. The van der Waals surface area contributed by atoms with Crippen LogP contribution in [0, 0.1) is 5.92 Å². The monoisotopic (exact) mass is 247 g/mol. The van der Waals surface area contributed by atoms with Gasteiger partial charge in [-0.1, -0.05) is 25.5 Å². The summed E-state index contributed by atoms with van der Waals surface area (Å²) in [5, 5.41) is 3.50. The Morgan fingerprint density at radius 1 is 1.17 bits per heavy atom. The number of rotatable bonds is 6. The lowest BCUT2D eigenvalue weighted by Crippen LogP contribution is -2.24. The Kier molecular flexibility index (Phi) is 5.06. The molecule has 1 aromatic rings.